The van der Waals surface area contributed by atoms with Gasteiger partial charge in [-0.05, 0) is 19.1 Å². The molecule has 1 aromatic carbocycles. The molecule has 0 unspecified atom stereocenters. The van der Waals surface area contributed by atoms with E-state index in [1.54, 1.807) is 0 Å². The SMILES string of the molecule is CCNC(=NCCC(=O)OC)Nc1ccc2c(c1)OCCCO2. The maximum Gasteiger partial charge on any atom is 0.307 e. The van der Waals surface area contributed by atoms with E-state index in [4.69, 9.17) is 9.47 Å². The fourth-order valence-electron chi connectivity index (χ4n) is 2.05. The molecule has 2 rings (SSSR count). The lowest BCUT2D eigenvalue weighted by Crippen LogP contribution is -2.31. The van der Waals surface area contributed by atoms with Crippen molar-refractivity contribution < 1.29 is 19.0 Å². The van der Waals surface area contributed by atoms with Crippen LogP contribution < -0.4 is 20.1 Å². The van der Waals surface area contributed by atoms with Gasteiger partial charge < -0.3 is 24.8 Å². The lowest BCUT2D eigenvalue weighted by atomic mass is 10.3. The van der Waals surface area contributed by atoms with Gasteiger partial charge in [0.2, 0.25) is 0 Å². The third-order valence-corrected chi connectivity index (χ3v) is 3.17. The number of carbonyl (C=O) groups is 1. The summed E-state index contributed by atoms with van der Waals surface area (Å²) in [6.07, 6.45) is 1.11. The zero-order chi connectivity index (χ0) is 16.5. The predicted molar refractivity (Wildman–Crippen MR) is 88.3 cm³/mol. The van der Waals surface area contributed by atoms with Crippen molar-refractivity contribution in [2.45, 2.75) is 19.8 Å². The van der Waals surface area contributed by atoms with Gasteiger partial charge in [0.1, 0.15) is 0 Å². The Hall–Kier alpha value is -2.44. The van der Waals surface area contributed by atoms with Crippen molar-refractivity contribution in [3.05, 3.63) is 18.2 Å². The van der Waals surface area contributed by atoms with Gasteiger partial charge in [-0.25, -0.2) is 0 Å². The van der Waals surface area contributed by atoms with E-state index in [9.17, 15) is 4.79 Å². The second kappa shape index (κ2) is 8.87. The topological polar surface area (TPSA) is 81.2 Å². The second-order valence-electron chi connectivity index (χ2n) is 4.92. The molecule has 0 saturated carbocycles. The number of ether oxygens (including phenoxy) is 3. The molecule has 0 aromatic heterocycles. The van der Waals surface area contributed by atoms with Crippen LogP contribution in [0.4, 0.5) is 5.69 Å². The molecular formula is C16H23N3O4. The summed E-state index contributed by atoms with van der Waals surface area (Å²) < 4.78 is 15.9. The minimum atomic E-state index is -0.278. The maximum absolute atomic E-state index is 11.1. The molecule has 1 aliphatic heterocycles. The van der Waals surface area contributed by atoms with Crippen molar-refractivity contribution in [1.82, 2.24) is 5.32 Å². The van der Waals surface area contributed by atoms with E-state index < -0.39 is 0 Å². The molecule has 23 heavy (non-hydrogen) atoms. The van der Waals surface area contributed by atoms with Crippen LogP contribution in [0.1, 0.15) is 19.8 Å². The van der Waals surface area contributed by atoms with Crippen molar-refractivity contribution >= 4 is 17.6 Å². The van der Waals surface area contributed by atoms with Crippen LogP contribution >= 0.6 is 0 Å². The molecule has 0 amide bonds. The van der Waals surface area contributed by atoms with E-state index in [1.807, 2.05) is 25.1 Å². The van der Waals surface area contributed by atoms with Crippen LogP contribution in [-0.4, -0.2) is 45.3 Å². The molecule has 0 bridgehead atoms. The predicted octanol–water partition coefficient (Wildman–Crippen LogP) is 1.79. The molecule has 0 spiro atoms. The number of nitrogens with one attached hydrogen (secondary N) is 2. The minimum Gasteiger partial charge on any atom is -0.490 e. The lowest BCUT2D eigenvalue weighted by Gasteiger charge is -2.13. The van der Waals surface area contributed by atoms with Crippen LogP contribution in [0.25, 0.3) is 0 Å². The van der Waals surface area contributed by atoms with Gasteiger partial charge in [0, 0.05) is 24.7 Å². The Morgan fingerprint density at radius 3 is 2.83 bits per heavy atom. The van der Waals surface area contributed by atoms with E-state index in [1.165, 1.54) is 7.11 Å². The third-order valence-electron chi connectivity index (χ3n) is 3.17. The monoisotopic (exact) mass is 321 g/mol. The third kappa shape index (κ3) is 5.36. The van der Waals surface area contributed by atoms with Crippen molar-refractivity contribution in [1.29, 1.82) is 0 Å². The average Bonchev–Trinajstić information content (AvgIpc) is 2.79. The highest BCUT2D eigenvalue weighted by Crippen LogP contribution is 2.32. The Kier molecular flexibility index (Phi) is 6.53. The van der Waals surface area contributed by atoms with Crippen LogP contribution in [0.3, 0.4) is 0 Å². The number of fused-ring (bicyclic) bond motifs is 1. The van der Waals surface area contributed by atoms with Gasteiger partial charge in [-0.15, -0.1) is 0 Å². The maximum atomic E-state index is 11.1. The number of guanidine groups is 1. The first kappa shape index (κ1) is 16.9. The summed E-state index contributed by atoms with van der Waals surface area (Å²) in [5.41, 5.74) is 0.840. The summed E-state index contributed by atoms with van der Waals surface area (Å²) in [5, 5.41) is 6.32. The van der Waals surface area contributed by atoms with Gasteiger partial charge in [0.05, 0.1) is 33.3 Å². The second-order valence-corrected chi connectivity index (χ2v) is 4.92. The van der Waals surface area contributed by atoms with E-state index >= 15 is 0 Å². The molecule has 0 aliphatic carbocycles. The quantitative estimate of drug-likeness (QED) is 0.489. The first-order valence-electron chi connectivity index (χ1n) is 7.74. The molecular weight excluding hydrogens is 298 g/mol. The molecule has 0 radical (unpaired) electrons. The molecule has 1 aromatic rings. The van der Waals surface area contributed by atoms with Gasteiger partial charge in [0.25, 0.3) is 0 Å². The number of anilines is 1. The summed E-state index contributed by atoms with van der Waals surface area (Å²) >= 11 is 0. The van der Waals surface area contributed by atoms with Crippen molar-refractivity contribution in [3.8, 4) is 11.5 Å². The van der Waals surface area contributed by atoms with E-state index in [0.717, 1.165) is 23.6 Å². The summed E-state index contributed by atoms with van der Waals surface area (Å²) in [4.78, 5) is 15.5. The molecule has 126 valence electrons. The van der Waals surface area contributed by atoms with E-state index in [2.05, 4.69) is 20.4 Å². The Morgan fingerprint density at radius 2 is 2.09 bits per heavy atom. The largest absolute Gasteiger partial charge is 0.490 e. The summed E-state index contributed by atoms with van der Waals surface area (Å²) in [7, 11) is 1.37. The Balaban J connectivity index is 2.02. The Labute approximate surface area is 136 Å². The van der Waals surface area contributed by atoms with E-state index in [0.29, 0.717) is 32.3 Å². The normalized spacial score (nSPS) is 13.9. The molecule has 7 nitrogen and oxygen atoms in total. The van der Waals surface area contributed by atoms with Gasteiger partial charge >= 0.3 is 5.97 Å². The van der Waals surface area contributed by atoms with Crippen LogP contribution in [0.5, 0.6) is 11.5 Å². The fourth-order valence-corrected chi connectivity index (χ4v) is 2.05. The molecule has 1 heterocycles. The van der Waals surface area contributed by atoms with Crippen LogP contribution in [0.2, 0.25) is 0 Å². The summed E-state index contributed by atoms with van der Waals surface area (Å²) in [6.45, 7) is 4.35. The number of hydrogen-bond acceptors (Lipinski definition) is 5. The fraction of sp³-hybridized carbons (Fsp3) is 0.500. The highest BCUT2D eigenvalue weighted by molar-refractivity contribution is 5.94. The number of methoxy groups -OCH3 is 1. The average molecular weight is 321 g/mol. The highest BCUT2D eigenvalue weighted by atomic mass is 16.5. The van der Waals surface area contributed by atoms with Crippen LogP contribution in [0.15, 0.2) is 23.2 Å². The van der Waals surface area contributed by atoms with Gasteiger partial charge in [0.15, 0.2) is 17.5 Å². The molecule has 0 atom stereocenters. The Morgan fingerprint density at radius 1 is 1.30 bits per heavy atom. The smallest absolute Gasteiger partial charge is 0.307 e. The molecule has 0 saturated heterocycles. The summed E-state index contributed by atoms with van der Waals surface area (Å²) in [5.74, 6) is 1.80. The first-order valence-corrected chi connectivity index (χ1v) is 7.74. The van der Waals surface area contributed by atoms with Crippen LogP contribution in [0, 0.1) is 0 Å². The Bertz CT molecular complexity index is 560. The number of carbonyl (C=O) groups excluding carboxylic acids is 1. The molecule has 1 aliphatic rings. The van der Waals surface area contributed by atoms with Crippen molar-refractivity contribution in [2.24, 2.45) is 4.99 Å². The highest BCUT2D eigenvalue weighted by Gasteiger charge is 2.11. The van der Waals surface area contributed by atoms with Crippen molar-refractivity contribution in [2.75, 3.05) is 38.7 Å². The first-order chi connectivity index (χ1) is 11.2. The van der Waals surface area contributed by atoms with Crippen molar-refractivity contribution in [3.63, 3.8) is 0 Å². The number of aliphatic imine (C=N–C) groups is 1. The van der Waals surface area contributed by atoms with Gasteiger partial charge in [-0.3, -0.25) is 9.79 Å². The number of nitrogens with zero attached hydrogens (tertiary/aromatic N) is 1. The summed E-state index contributed by atoms with van der Waals surface area (Å²) in [6, 6.07) is 5.66. The molecule has 0 fully saturated rings. The number of benzene rings is 1. The minimum absolute atomic E-state index is 0.244. The van der Waals surface area contributed by atoms with Crippen LogP contribution in [-0.2, 0) is 9.53 Å². The standard InChI is InChI=1S/C16H23N3O4/c1-3-17-16(18-8-7-15(20)21-2)19-12-5-6-13-14(11-12)23-10-4-9-22-13/h5-6,11H,3-4,7-10H2,1-2H3,(H2,17,18,19). The molecule has 7 heteroatoms. The van der Waals surface area contributed by atoms with Gasteiger partial charge in [-0.1, -0.05) is 0 Å². The number of hydrogen-bond donors (Lipinski definition) is 2. The zero-order valence-electron chi connectivity index (χ0n) is 13.6. The molecule has 2 N–H and O–H groups in total. The lowest BCUT2D eigenvalue weighted by molar-refractivity contribution is -0.140. The number of rotatable bonds is 5. The zero-order valence-corrected chi connectivity index (χ0v) is 13.6. The van der Waals surface area contributed by atoms with E-state index in [-0.39, 0.29) is 12.4 Å². The number of esters is 1. The van der Waals surface area contributed by atoms with Gasteiger partial charge in [-0.2, -0.15) is 0 Å².